The molecule has 2 aliphatic heterocycles. The van der Waals surface area contributed by atoms with Gasteiger partial charge in [0.05, 0.1) is 12.0 Å². The Morgan fingerprint density at radius 1 is 1.38 bits per heavy atom. The summed E-state index contributed by atoms with van der Waals surface area (Å²) >= 11 is 0. The van der Waals surface area contributed by atoms with Crippen LogP contribution in [0.4, 0.5) is 0 Å². The lowest BCUT2D eigenvalue weighted by Crippen LogP contribution is -2.39. The van der Waals surface area contributed by atoms with Crippen molar-refractivity contribution in [1.29, 1.82) is 0 Å². The van der Waals surface area contributed by atoms with Crippen molar-refractivity contribution in [2.45, 2.75) is 25.9 Å². The average Bonchev–Trinajstić information content (AvgIpc) is 2.90. The van der Waals surface area contributed by atoms with E-state index < -0.39 is 17.5 Å². The predicted octanol–water partition coefficient (Wildman–Crippen LogP) is 1.62. The number of likely N-dealkylation sites (tertiary alicyclic amines) is 1. The van der Waals surface area contributed by atoms with Crippen molar-refractivity contribution in [3.05, 3.63) is 35.4 Å². The minimum Gasteiger partial charge on any atom is -0.481 e. The van der Waals surface area contributed by atoms with E-state index in [4.69, 9.17) is 4.74 Å². The van der Waals surface area contributed by atoms with Crippen molar-refractivity contribution in [2.75, 3.05) is 19.7 Å². The fourth-order valence-electron chi connectivity index (χ4n) is 3.09. The van der Waals surface area contributed by atoms with Crippen LogP contribution in [0.1, 0.15) is 30.6 Å². The quantitative estimate of drug-likeness (QED) is 0.898. The minimum atomic E-state index is -0.845. The maximum Gasteiger partial charge on any atom is 0.311 e. The van der Waals surface area contributed by atoms with Gasteiger partial charge in [-0.1, -0.05) is 24.3 Å². The van der Waals surface area contributed by atoms with Crippen LogP contribution in [0, 0.1) is 5.41 Å². The van der Waals surface area contributed by atoms with E-state index in [1.54, 1.807) is 11.8 Å². The van der Waals surface area contributed by atoms with Gasteiger partial charge in [-0.3, -0.25) is 9.59 Å². The second kappa shape index (κ2) is 5.15. The van der Waals surface area contributed by atoms with Crippen LogP contribution < -0.4 is 0 Å². The number of benzene rings is 1. The number of ether oxygens (including phenoxy) is 1. The van der Waals surface area contributed by atoms with Gasteiger partial charge < -0.3 is 14.7 Å². The third-order valence-corrected chi connectivity index (χ3v) is 4.52. The van der Waals surface area contributed by atoms with Crippen LogP contribution in [0.2, 0.25) is 0 Å². The molecule has 0 bridgehead atoms. The van der Waals surface area contributed by atoms with Gasteiger partial charge in [0.2, 0.25) is 0 Å². The molecule has 2 atom stereocenters. The van der Waals surface area contributed by atoms with E-state index in [0.717, 1.165) is 17.5 Å². The molecule has 1 fully saturated rings. The number of rotatable bonds is 2. The summed E-state index contributed by atoms with van der Waals surface area (Å²) in [6, 6.07) is 7.80. The number of amides is 1. The van der Waals surface area contributed by atoms with Crippen LogP contribution in [0.15, 0.2) is 24.3 Å². The van der Waals surface area contributed by atoms with Gasteiger partial charge in [-0.05, 0) is 30.9 Å². The highest BCUT2D eigenvalue weighted by atomic mass is 16.5. The Bertz CT molecular complexity index is 585. The van der Waals surface area contributed by atoms with E-state index >= 15 is 0 Å². The van der Waals surface area contributed by atoms with Gasteiger partial charge in [0.1, 0.15) is 0 Å². The molecule has 1 aromatic carbocycles. The van der Waals surface area contributed by atoms with Crippen LogP contribution in [0.3, 0.4) is 0 Å². The van der Waals surface area contributed by atoms with Crippen LogP contribution in [-0.2, 0) is 20.7 Å². The summed E-state index contributed by atoms with van der Waals surface area (Å²) in [5.74, 6) is -0.963. The minimum absolute atomic E-state index is 0.118. The van der Waals surface area contributed by atoms with Gasteiger partial charge in [0.15, 0.2) is 6.10 Å². The van der Waals surface area contributed by atoms with Gasteiger partial charge in [-0.2, -0.15) is 0 Å². The van der Waals surface area contributed by atoms with E-state index in [2.05, 4.69) is 0 Å². The molecule has 0 radical (unpaired) electrons. The number of hydrogen-bond donors (Lipinski definition) is 1. The largest absolute Gasteiger partial charge is 0.481 e. The number of carbonyl (C=O) groups is 2. The molecule has 3 rings (SSSR count). The highest BCUT2D eigenvalue weighted by Crippen LogP contribution is 2.34. The summed E-state index contributed by atoms with van der Waals surface area (Å²) in [4.78, 5) is 25.6. The van der Waals surface area contributed by atoms with E-state index in [1.807, 2.05) is 24.3 Å². The summed E-state index contributed by atoms with van der Waals surface area (Å²) in [6.07, 6.45) is 0.709. The topological polar surface area (TPSA) is 66.8 Å². The molecule has 2 heterocycles. The van der Waals surface area contributed by atoms with E-state index in [0.29, 0.717) is 19.6 Å². The third kappa shape index (κ3) is 2.42. The summed E-state index contributed by atoms with van der Waals surface area (Å²) in [7, 11) is 0. The summed E-state index contributed by atoms with van der Waals surface area (Å²) in [5.41, 5.74) is 1.21. The Balaban J connectivity index is 1.80. The van der Waals surface area contributed by atoms with Crippen molar-refractivity contribution < 1.29 is 19.4 Å². The second-order valence-electron chi connectivity index (χ2n) is 6.08. The number of aliphatic carboxylic acids is 1. The highest BCUT2D eigenvalue weighted by molar-refractivity contribution is 5.85. The van der Waals surface area contributed by atoms with Crippen molar-refractivity contribution in [3.63, 3.8) is 0 Å². The van der Waals surface area contributed by atoms with Crippen LogP contribution in [0.5, 0.6) is 0 Å². The Morgan fingerprint density at radius 2 is 2.14 bits per heavy atom. The Labute approximate surface area is 123 Å². The monoisotopic (exact) mass is 289 g/mol. The summed E-state index contributed by atoms with van der Waals surface area (Å²) in [6.45, 7) is 2.95. The summed E-state index contributed by atoms with van der Waals surface area (Å²) in [5, 5.41) is 9.27. The van der Waals surface area contributed by atoms with Gasteiger partial charge in [-0.25, -0.2) is 0 Å². The van der Waals surface area contributed by atoms with Gasteiger partial charge >= 0.3 is 5.97 Å². The summed E-state index contributed by atoms with van der Waals surface area (Å²) < 4.78 is 5.67. The highest BCUT2D eigenvalue weighted by Gasteiger charge is 2.44. The zero-order valence-corrected chi connectivity index (χ0v) is 12.0. The predicted molar refractivity (Wildman–Crippen MR) is 75.8 cm³/mol. The van der Waals surface area contributed by atoms with Gasteiger partial charge in [0.25, 0.3) is 5.91 Å². The second-order valence-corrected chi connectivity index (χ2v) is 6.08. The zero-order chi connectivity index (χ0) is 15.0. The maximum atomic E-state index is 12.7. The van der Waals surface area contributed by atoms with Crippen molar-refractivity contribution in [3.8, 4) is 0 Å². The lowest BCUT2D eigenvalue weighted by atomic mass is 9.90. The molecule has 0 unspecified atom stereocenters. The first-order chi connectivity index (χ1) is 10.0. The van der Waals surface area contributed by atoms with Gasteiger partial charge in [-0.15, -0.1) is 0 Å². The number of fused-ring (bicyclic) bond motifs is 1. The molecule has 5 nitrogen and oxygen atoms in total. The van der Waals surface area contributed by atoms with Crippen molar-refractivity contribution in [2.24, 2.45) is 5.41 Å². The van der Waals surface area contributed by atoms with Crippen LogP contribution in [0.25, 0.3) is 0 Å². The van der Waals surface area contributed by atoms with E-state index in [9.17, 15) is 14.7 Å². The fraction of sp³-hybridized carbons (Fsp3) is 0.500. The lowest BCUT2D eigenvalue weighted by molar-refractivity contribution is -0.149. The molecular formula is C16H19NO4. The SMILES string of the molecule is C[C@@]1(C(=O)O)CCN(C(=O)[C@@H]2OCCc3ccccc32)C1. The first-order valence-electron chi connectivity index (χ1n) is 7.23. The molecule has 2 aliphatic rings. The molecule has 1 aromatic rings. The number of nitrogens with zero attached hydrogens (tertiary/aromatic N) is 1. The number of carboxylic acids is 1. The normalized spacial score (nSPS) is 28.2. The molecule has 112 valence electrons. The lowest BCUT2D eigenvalue weighted by Gasteiger charge is -2.29. The molecule has 0 saturated carbocycles. The molecule has 1 N–H and O–H groups in total. The molecule has 0 aromatic heterocycles. The molecule has 0 spiro atoms. The molecule has 1 saturated heterocycles. The number of hydrogen-bond acceptors (Lipinski definition) is 3. The maximum absolute atomic E-state index is 12.7. The number of carbonyl (C=O) groups excluding carboxylic acids is 1. The average molecular weight is 289 g/mol. The van der Waals surface area contributed by atoms with Crippen molar-refractivity contribution >= 4 is 11.9 Å². The third-order valence-electron chi connectivity index (χ3n) is 4.52. The van der Waals surface area contributed by atoms with E-state index in [1.165, 1.54) is 0 Å². The van der Waals surface area contributed by atoms with Crippen LogP contribution in [-0.4, -0.2) is 41.6 Å². The van der Waals surface area contributed by atoms with E-state index in [-0.39, 0.29) is 12.5 Å². The molecule has 0 aliphatic carbocycles. The molecule has 1 amide bonds. The van der Waals surface area contributed by atoms with Crippen molar-refractivity contribution in [1.82, 2.24) is 4.90 Å². The first kappa shape index (κ1) is 14.1. The Hall–Kier alpha value is -1.88. The molecule has 5 heteroatoms. The smallest absolute Gasteiger partial charge is 0.311 e. The number of carboxylic acid groups (broad SMARTS) is 1. The first-order valence-corrected chi connectivity index (χ1v) is 7.23. The Kier molecular flexibility index (Phi) is 3.45. The standard InChI is InChI=1S/C16H19NO4/c1-16(15(19)20)7-8-17(10-16)14(18)13-12-5-3-2-4-11(12)6-9-21-13/h2-5,13H,6-10H2,1H3,(H,19,20)/t13-,16-/m1/s1. The molecule has 21 heavy (non-hydrogen) atoms. The Morgan fingerprint density at radius 3 is 2.86 bits per heavy atom. The van der Waals surface area contributed by atoms with Crippen LogP contribution >= 0.6 is 0 Å². The fourth-order valence-corrected chi connectivity index (χ4v) is 3.09. The zero-order valence-electron chi connectivity index (χ0n) is 12.0. The van der Waals surface area contributed by atoms with Gasteiger partial charge in [0, 0.05) is 13.1 Å². The molecular weight excluding hydrogens is 270 g/mol.